The maximum atomic E-state index is 10.9. The number of benzene rings is 2. The van der Waals surface area contributed by atoms with E-state index in [-0.39, 0.29) is 10.6 Å². The van der Waals surface area contributed by atoms with E-state index in [1.807, 2.05) is 30.3 Å². The molecule has 0 radical (unpaired) electrons. The van der Waals surface area contributed by atoms with Crippen LogP contribution in [0.2, 0.25) is 0 Å². The fraction of sp³-hybridized carbons (Fsp3) is 0.250. The second kappa shape index (κ2) is 6.85. The number of anilines is 1. The third kappa shape index (κ3) is 3.79. The minimum absolute atomic E-state index is 0.130. The van der Waals surface area contributed by atoms with Crippen molar-refractivity contribution in [3.8, 4) is 0 Å². The highest BCUT2D eigenvalue weighted by molar-refractivity contribution is 5.55. The van der Waals surface area contributed by atoms with Crippen LogP contribution in [0.1, 0.15) is 16.7 Å². The summed E-state index contributed by atoms with van der Waals surface area (Å²) in [5.41, 5.74) is 3.74. The van der Waals surface area contributed by atoms with Crippen LogP contribution >= 0.6 is 0 Å². The number of rotatable bonds is 6. The second-order valence-corrected chi connectivity index (χ2v) is 4.81. The van der Waals surface area contributed by atoms with Crippen LogP contribution in [0.15, 0.2) is 42.5 Å². The van der Waals surface area contributed by atoms with Crippen molar-refractivity contribution in [1.29, 1.82) is 0 Å². The molecule has 0 unspecified atom stereocenters. The Kier molecular flexibility index (Phi) is 4.90. The number of nitro groups is 1. The molecule has 2 aromatic carbocycles. The van der Waals surface area contributed by atoms with Gasteiger partial charge in [0.1, 0.15) is 0 Å². The van der Waals surface area contributed by atoms with Crippen molar-refractivity contribution < 1.29 is 9.66 Å². The molecule has 110 valence electrons. The monoisotopic (exact) mass is 286 g/mol. The molecule has 0 aromatic heterocycles. The molecule has 0 fully saturated rings. The van der Waals surface area contributed by atoms with Crippen molar-refractivity contribution in [2.45, 2.75) is 20.1 Å². The molecule has 5 heteroatoms. The lowest BCUT2D eigenvalue weighted by Crippen LogP contribution is -2.04. The normalized spacial score (nSPS) is 10.4. The van der Waals surface area contributed by atoms with Gasteiger partial charge < -0.3 is 10.1 Å². The first-order chi connectivity index (χ1) is 10.1. The zero-order valence-electron chi connectivity index (χ0n) is 12.1. The minimum atomic E-state index is -0.362. The highest BCUT2D eigenvalue weighted by Gasteiger charge is 2.11. The molecule has 0 atom stereocenters. The van der Waals surface area contributed by atoms with E-state index >= 15 is 0 Å². The molecule has 0 saturated heterocycles. The topological polar surface area (TPSA) is 64.4 Å². The van der Waals surface area contributed by atoms with Gasteiger partial charge in [-0.2, -0.15) is 0 Å². The number of hydrogen-bond acceptors (Lipinski definition) is 4. The van der Waals surface area contributed by atoms with E-state index in [1.54, 1.807) is 26.2 Å². The van der Waals surface area contributed by atoms with E-state index in [0.717, 1.165) is 16.8 Å². The highest BCUT2D eigenvalue weighted by Crippen LogP contribution is 2.23. The molecule has 0 aliphatic heterocycles. The lowest BCUT2D eigenvalue weighted by molar-refractivity contribution is -0.385. The van der Waals surface area contributed by atoms with E-state index in [1.165, 1.54) is 0 Å². The van der Waals surface area contributed by atoms with Gasteiger partial charge >= 0.3 is 0 Å². The van der Waals surface area contributed by atoms with E-state index in [9.17, 15) is 10.1 Å². The molecule has 0 spiro atoms. The number of aryl methyl sites for hydroxylation is 1. The van der Waals surface area contributed by atoms with Crippen LogP contribution in [0.25, 0.3) is 0 Å². The van der Waals surface area contributed by atoms with Gasteiger partial charge in [0.2, 0.25) is 0 Å². The molecule has 0 saturated carbocycles. The molecule has 0 bridgehead atoms. The van der Waals surface area contributed by atoms with Crippen molar-refractivity contribution in [2.75, 3.05) is 12.4 Å². The first-order valence-electron chi connectivity index (χ1n) is 6.66. The van der Waals surface area contributed by atoms with Gasteiger partial charge in [0.05, 0.1) is 11.5 Å². The number of ether oxygens (including phenoxy) is 1. The molecule has 5 nitrogen and oxygen atoms in total. The average molecular weight is 286 g/mol. The largest absolute Gasteiger partial charge is 0.381 e. The summed E-state index contributed by atoms with van der Waals surface area (Å²) in [6, 6.07) is 13.1. The number of hydrogen-bond donors (Lipinski definition) is 1. The van der Waals surface area contributed by atoms with Gasteiger partial charge in [0.15, 0.2) is 0 Å². The fourth-order valence-corrected chi connectivity index (χ4v) is 2.14. The Hall–Kier alpha value is -2.40. The first-order valence-corrected chi connectivity index (χ1v) is 6.66. The molecule has 2 aromatic rings. The number of methoxy groups -OCH3 is 1. The molecular weight excluding hydrogens is 268 g/mol. The average Bonchev–Trinajstić information content (AvgIpc) is 2.47. The molecule has 0 aliphatic rings. The quantitative estimate of drug-likeness (QED) is 0.650. The van der Waals surface area contributed by atoms with Crippen LogP contribution < -0.4 is 5.32 Å². The Morgan fingerprint density at radius 1 is 1.19 bits per heavy atom. The van der Waals surface area contributed by atoms with Crippen LogP contribution in [-0.2, 0) is 17.9 Å². The number of nitrogens with one attached hydrogen (secondary N) is 1. The van der Waals surface area contributed by atoms with Crippen LogP contribution in [0.3, 0.4) is 0 Å². The molecule has 0 heterocycles. The first kappa shape index (κ1) is 15.0. The van der Waals surface area contributed by atoms with Gasteiger partial charge in [0, 0.05) is 31.0 Å². The predicted octanol–water partition coefficient (Wildman–Crippen LogP) is 3.66. The maximum absolute atomic E-state index is 10.9. The van der Waals surface area contributed by atoms with Crippen molar-refractivity contribution in [3.05, 3.63) is 69.3 Å². The van der Waals surface area contributed by atoms with Gasteiger partial charge in [-0.1, -0.05) is 30.3 Å². The van der Waals surface area contributed by atoms with Gasteiger partial charge in [-0.3, -0.25) is 10.1 Å². The molecular formula is C16H18N2O3. The number of nitro benzene ring substituents is 1. The summed E-state index contributed by atoms with van der Waals surface area (Å²) < 4.78 is 5.17. The van der Waals surface area contributed by atoms with Crippen LogP contribution in [-0.4, -0.2) is 12.0 Å². The molecule has 2 rings (SSSR count). The summed E-state index contributed by atoms with van der Waals surface area (Å²) in [6.07, 6.45) is 0. The summed E-state index contributed by atoms with van der Waals surface area (Å²) in [6.45, 7) is 2.88. The van der Waals surface area contributed by atoms with Crippen molar-refractivity contribution >= 4 is 11.4 Å². The van der Waals surface area contributed by atoms with Crippen molar-refractivity contribution in [2.24, 2.45) is 0 Å². The molecule has 0 aliphatic carbocycles. The highest BCUT2D eigenvalue weighted by atomic mass is 16.6. The second-order valence-electron chi connectivity index (χ2n) is 4.81. The lowest BCUT2D eigenvalue weighted by Gasteiger charge is -2.11. The van der Waals surface area contributed by atoms with E-state index < -0.39 is 0 Å². The SMILES string of the molecule is COCc1ccccc1CNc1ccc(C)c([N+](=O)[O-])c1. The van der Waals surface area contributed by atoms with E-state index in [2.05, 4.69) is 5.32 Å². The Morgan fingerprint density at radius 3 is 2.57 bits per heavy atom. The predicted molar refractivity (Wildman–Crippen MR) is 82.3 cm³/mol. The fourth-order valence-electron chi connectivity index (χ4n) is 2.14. The van der Waals surface area contributed by atoms with Crippen LogP contribution in [0, 0.1) is 17.0 Å². The van der Waals surface area contributed by atoms with Crippen molar-refractivity contribution in [3.63, 3.8) is 0 Å². The zero-order chi connectivity index (χ0) is 15.2. The van der Waals surface area contributed by atoms with Gasteiger partial charge in [-0.15, -0.1) is 0 Å². The summed E-state index contributed by atoms with van der Waals surface area (Å²) in [5, 5.41) is 14.2. The van der Waals surface area contributed by atoms with E-state index in [4.69, 9.17) is 4.74 Å². The summed E-state index contributed by atoms with van der Waals surface area (Å²) >= 11 is 0. The Labute approximate surface area is 123 Å². The van der Waals surface area contributed by atoms with E-state index in [0.29, 0.717) is 18.7 Å². The Bertz CT molecular complexity index is 641. The zero-order valence-corrected chi connectivity index (χ0v) is 12.1. The third-order valence-electron chi connectivity index (χ3n) is 3.31. The summed E-state index contributed by atoms with van der Waals surface area (Å²) in [5.74, 6) is 0. The smallest absolute Gasteiger partial charge is 0.274 e. The summed E-state index contributed by atoms with van der Waals surface area (Å²) in [7, 11) is 1.66. The van der Waals surface area contributed by atoms with Crippen LogP contribution in [0.4, 0.5) is 11.4 Å². The van der Waals surface area contributed by atoms with Gasteiger partial charge in [-0.25, -0.2) is 0 Å². The van der Waals surface area contributed by atoms with Crippen molar-refractivity contribution in [1.82, 2.24) is 0 Å². The number of nitrogens with zero attached hydrogens (tertiary/aromatic N) is 1. The molecule has 0 amide bonds. The maximum Gasteiger partial charge on any atom is 0.274 e. The summed E-state index contributed by atoms with van der Waals surface area (Å²) in [4.78, 5) is 10.6. The third-order valence-corrected chi connectivity index (χ3v) is 3.31. The molecule has 1 N–H and O–H groups in total. The van der Waals surface area contributed by atoms with Gasteiger partial charge in [-0.05, 0) is 24.1 Å². The Balaban J connectivity index is 2.13. The lowest BCUT2D eigenvalue weighted by atomic mass is 10.1. The Morgan fingerprint density at radius 2 is 1.90 bits per heavy atom. The standard InChI is InChI=1S/C16H18N2O3/c1-12-7-8-15(9-16(12)18(19)20)17-10-13-5-3-4-6-14(13)11-21-2/h3-9,17H,10-11H2,1-2H3. The minimum Gasteiger partial charge on any atom is -0.381 e. The van der Waals surface area contributed by atoms with Gasteiger partial charge in [0.25, 0.3) is 5.69 Å². The molecule has 21 heavy (non-hydrogen) atoms. The van der Waals surface area contributed by atoms with Crippen LogP contribution in [0.5, 0.6) is 0 Å².